The summed E-state index contributed by atoms with van der Waals surface area (Å²) in [5.74, 6) is -3.16. The smallest absolute Gasteiger partial charge is 0.339 e. The Bertz CT molecular complexity index is 1170. The Kier molecular flexibility index (Phi) is 4.95. The van der Waals surface area contributed by atoms with Crippen molar-refractivity contribution in [2.45, 2.75) is 19.3 Å². The number of phenols is 1. The lowest BCUT2D eigenvalue weighted by Crippen LogP contribution is -2.25. The summed E-state index contributed by atoms with van der Waals surface area (Å²) in [5.41, 5.74) is 2.56. The number of rotatable bonds is 4. The van der Waals surface area contributed by atoms with Crippen molar-refractivity contribution in [3.63, 3.8) is 0 Å². The Morgan fingerprint density at radius 2 is 1.90 bits per heavy atom. The number of amides is 1. The predicted octanol–water partition coefficient (Wildman–Crippen LogP) is 5.20. The zero-order valence-corrected chi connectivity index (χ0v) is 16.7. The number of benzene rings is 3. The second-order valence-electron chi connectivity index (χ2n) is 7.14. The van der Waals surface area contributed by atoms with E-state index < -0.39 is 23.5 Å². The summed E-state index contributed by atoms with van der Waals surface area (Å²) in [6.07, 6.45) is 0.0812. The summed E-state index contributed by atoms with van der Waals surface area (Å²) in [5, 5.41) is 19.5. The second kappa shape index (κ2) is 7.46. The Hall–Kier alpha value is -3.38. The van der Waals surface area contributed by atoms with E-state index in [1.807, 2.05) is 13.0 Å². The van der Waals surface area contributed by atoms with E-state index in [9.17, 15) is 19.1 Å². The molecule has 0 saturated heterocycles. The number of anilines is 2. The van der Waals surface area contributed by atoms with Gasteiger partial charge >= 0.3 is 5.97 Å². The highest BCUT2D eigenvalue weighted by Gasteiger charge is 2.40. The van der Waals surface area contributed by atoms with Crippen LogP contribution in [0.25, 0.3) is 0 Å². The van der Waals surface area contributed by atoms with Crippen molar-refractivity contribution in [1.82, 2.24) is 0 Å². The molecule has 3 aromatic carbocycles. The van der Waals surface area contributed by atoms with Crippen molar-refractivity contribution in [3.8, 4) is 5.75 Å². The molecule has 0 spiro atoms. The second-order valence-corrected chi connectivity index (χ2v) is 7.55. The van der Waals surface area contributed by atoms with Crippen LogP contribution < -0.4 is 4.90 Å². The highest BCUT2D eigenvalue weighted by molar-refractivity contribution is 6.31. The molecule has 2 N–H and O–H groups in total. The quantitative estimate of drug-likeness (QED) is 0.602. The van der Waals surface area contributed by atoms with Gasteiger partial charge in [0.05, 0.1) is 17.3 Å². The lowest BCUT2D eigenvalue weighted by Gasteiger charge is -2.19. The highest BCUT2D eigenvalue weighted by Crippen LogP contribution is 2.46. The Morgan fingerprint density at radius 3 is 2.57 bits per heavy atom. The summed E-state index contributed by atoms with van der Waals surface area (Å²) in [4.78, 5) is 26.1. The number of aromatic hydroxyl groups is 1. The number of hydrogen-bond acceptors (Lipinski definition) is 3. The van der Waals surface area contributed by atoms with Crippen LogP contribution in [0.3, 0.4) is 0 Å². The molecule has 0 radical (unpaired) electrons. The molecule has 1 aliphatic rings. The standard InChI is InChI=1S/C23H17ClFNO4/c1-12-4-2-7-19-21(12)16(11-15-17(24)5-3-6-18(15)25)22(28)26(19)13-8-9-14(23(29)30)20(27)10-13/h2-10,16,27H,11H2,1H3,(H,29,30). The molecule has 0 bridgehead atoms. The van der Waals surface area contributed by atoms with Crippen molar-refractivity contribution in [1.29, 1.82) is 0 Å². The first-order chi connectivity index (χ1) is 14.3. The number of carboxylic acid groups (broad SMARTS) is 1. The van der Waals surface area contributed by atoms with Crippen LogP contribution in [0, 0.1) is 12.7 Å². The van der Waals surface area contributed by atoms with Gasteiger partial charge in [0, 0.05) is 16.7 Å². The normalized spacial score (nSPS) is 15.4. The largest absolute Gasteiger partial charge is 0.507 e. The molecule has 5 nitrogen and oxygen atoms in total. The van der Waals surface area contributed by atoms with Crippen LogP contribution >= 0.6 is 11.6 Å². The van der Waals surface area contributed by atoms with Gasteiger partial charge in [0.2, 0.25) is 5.91 Å². The molecular weight excluding hydrogens is 409 g/mol. The van der Waals surface area contributed by atoms with E-state index in [4.69, 9.17) is 16.7 Å². The third-order valence-electron chi connectivity index (χ3n) is 5.35. The summed E-state index contributed by atoms with van der Waals surface area (Å²) < 4.78 is 14.4. The topological polar surface area (TPSA) is 77.8 Å². The van der Waals surface area contributed by atoms with Gasteiger partial charge in [0.25, 0.3) is 0 Å². The van der Waals surface area contributed by atoms with Gasteiger partial charge in [0.15, 0.2) is 0 Å². The van der Waals surface area contributed by atoms with E-state index in [1.54, 1.807) is 18.2 Å². The van der Waals surface area contributed by atoms with E-state index in [-0.39, 0.29) is 28.5 Å². The van der Waals surface area contributed by atoms with Gasteiger partial charge in [-0.15, -0.1) is 0 Å². The first kappa shape index (κ1) is 19.9. The minimum absolute atomic E-state index is 0.0812. The van der Waals surface area contributed by atoms with Gasteiger partial charge in [-0.2, -0.15) is 0 Å². The fourth-order valence-corrected chi connectivity index (χ4v) is 4.18. The maximum Gasteiger partial charge on any atom is 0.339 e. The van der Waals surface area contributed by atoms with E-state index >= 15 is 0 Å². The monoisotopic (exact) mass is 425 g/mol. The van der Waals surface area contributed by atoms with Crippen molar-refractivity contribution < 1.29 is 24.2 Å². The SMILES string of the molecule is Cc1cccc2c1C(Cc1c(F)cccc1Cl)C(=O)N2c1ccc(C(=O)O)c(O)c1. The molecular formula is C23H17ClFNO4. The van der Waals surface area contributed by atoms with Crippen molar-refractivity contribution in [2.24, 2.45) is 0 Å². The Labute approximate surface area is 177 Å². The van der Waals surface area contributed by atoms with Crippen molar-refractivity contribution in [2.75, 3.05) is 4.90 Å². The molecule has 1 heterocycles. The number of aromatic carboxylic acids is 1. The van der Waals surface area contributed by atoms with E-state index in [1.165, 1.54) is 35.2 Å². The number of carboxylic acids is 1. The van der Waals surface area contributed by atoms with Crippen molar-refractivity contribution in [3.05, 3.63) is 87.7 Å². The van der Waals surface area contributed by atoms with Gasteiger partial charge in [-0.05, 0) is 54.8 Å². The minimum Gasteiger partial charge on any atom is -0.507 e. The third-order valence-corrected chi connectivity index (χ3v) is 5.70. The molecule has 1 aliphatic heterocycles. The number of halogens is 2. The molecule has 0 saturated carbocycles. The van der Waals surface area contributed by atoms with E-state index in [0.29, 0.717) is 11.4 Å². The fraction of sp³-hybridized carbons (Fsp3) is 0.130. The first-order valence-electron chi connectivity index (χ1n) is 9.22. The Balaban J connectivity index is 1.82. The fourth-order valence-electron chi connectivity index (χ4n) is 3.94. The molecule has 1 unspecified atom stereocenters. The number of aryl methyl sites for hydroxylation is 1. The highest BCUT2D eigenvalue weighted by atomic mass is 35.5. The zero-order valence-electron chi connectivity index (χ0n) is 15.9. The van der Waals surface area contributed by atoms with E-state index in [0.717, 1.165) is 11.1 Å². The molecule has 4 rings (SSSR count). The lowest BCUT2D eigenvalue weighted by atomic mass is 9.90. The van der Waals surface area contributed by atoms with Crippen LogP contribution in [0.2, 0.25) is 5.02 Å². The van der Waals surface area contributed by atoms with Crippen LogP contribution in [-0.4, -0.2) is 22.1 Å². The van der Waals surface area contributed by atoms with Crippen molar-refractivity contribution >= 4 is 34.9 Å². The molecule has 7 heteroatoms. The lowest BCUT2D eigenvalue weighted by molar-refractivity contribution is -0.118. The number of fused-ring (bicyclic) bond motifs is 1. The number of nitrogens with zero attached hydrogens (tertiary/aromatic N) is 1. The summed E-state index contributed by atoms with van der Waals surface area (Å²) in [7, 11) is 0. The van der Waals surface area contributed by atoms with Gasteiger partial charge in [-0.3, -0.25) is 9.69 Å². The summed E-state index contributed by atoms with van der Waals surface area (Å²) in [6, 6.07) is 13.8. The molecule has 0 aliphatic carbocycles. The molecule has 1 atom stereocenters. The molecule has 152 valence electrons. The maximum absolute atomic E-state index is 14.4. The summed E-state index contributed by atoms with van der Waals surface area (Å²) in [6.45, 7) is 1.87. The minimum atomic E-state index is -1.27. The van der Waals surface area contributed by atoms with Crippen LogP contribution in [-0.2, 0) is 11.2 Å². The molecule has 0 aromatic heterocycles. The van der Waals surface area contributed by atoms with Crippen LogP contribution in [0.4, 0.5) is 15.8 Å². The molecule has 0 fully saturated rings. The number of carbonyl (C=O) groups excluding carboxylic acids is 1. The van der Waals surface area contributed by atoms with Gasteiger partial charge in [-0.1, -0.05) is 29.8 Å². The maximum atomic E-state index is 14.4. The molecule has 1 amide bonds. The van der Waals surface area contributed by atoms with Gasteiger partial charge in [0.1, 0.15) is 17.1 Å². The molecule has 3 aromatic rings. The average Bonchev–Trinajstić information content (AvgIpc) is 2.97. The van der Waals surface area contributed by atoms with Crippen LogP contribution in [0.5, 0.6) is 5.75 Å². The first-order valence-corrected chi connectivity index (χ1v) is 9.60. The predicted molar refractivity (Wildman–Crippen MR) is 111 cm³/mol. The van der Waals surface area contributed by atoms with Crippen LogP contribution in [0.1, 0.15) is 33.0 Å². The Morgan fingerprint density at radius 1 is 1.17 bits per heavy atom. The van der Waals surface area contributed by atoms with Crippen LogP contribution in [0.15, 0.2) is 54.6 Å². The zero-order chi connectivity index (χ0) is 21.6. The number of hydrogen-bond donors (Lipinski definition) is 2. The summed E-state index contributed by atoms with van der Waals surface area (Å²) >= 11 is 6.19. The number of carbonyl (C=O) groups is 2. The molecule has 30 heavy (non-hydrogen) atoms. The van der Waals surface area contributed by atoms with Gasteiger partial charge < -0.3 is 10.2 Å². The average molecular weight is 426 g/mol. The third kappa shape index (κ3) is 3.19. The van der Waals surface area contributed by atoms with E-state index in [2.05, 4.69) is 0 Å². The van der Waals surface area contributed by atoms with Gasteiger partial charge in [-0.25, -0.2) is 9.18 Å².